The van der Waals surface area contributed by atoms with E-state index in [0.717, 1.165) is 0 Å². The highest BCUT2D eigenvalue weighted by molar-refractivity contribution is 6.09. The van der Waals surface area contributed by atoms with Crippen molar-refractivity contribution in [3.63, 3.8) is 0 Å². The summed E-state index contributed by atoms with van der Waals surface area (Å²) in [7, 11) is 0. The minimum absolute atomic E-state index is 0.0649. The molecule has 0 radical (unpaired) electrons. The third-order valence-corrected chi connectivity index (χ3v) is 3.28. The van der Waals surface area contributed by atoms with E-state index < -0.39 is 0 Å². The minimum atomic E-state index is -0.321. The summed E-state index contributed by atoms with van der Waals surface area (Å²) in [5, 5.41) is 13.6. The van der Waals surface area contributed by atoms with Crippen LogP contribution in [0.2, 0.25) is 0 Å². The van der Waals surface area contributed by atoms with Crippen LogP contribution in [-0.2, 0) is 0 Å². The fraction of sp³-hybridized carbons (Fsp3) is 0. The van der Waals surface area contributed by atoms with Crippen molar-refractivity contribution < 1.29 is 4.79 Å². The predicted octanol–water partition coefficient (Wildman–Crippen LogP) is 2.56. The minimum Gasteiger partial charge on any atom is -0.382 e. The van der Waals surface area contributed by atoms with Gasteiger partial charge in [0.25, 0.3) is 0 Å². The van der Waals surface area contributed by atoms with Gasteiger partial charge in [0.15, 0.2) is 5.69 Å². The largest absolute Gasteiger partial charge is 0.382 e. The van der Waals surface area contributed by atoms with Crippen LogP contribution >= 0.6 is 0 Å². The Morgan fingerprint density at radius 3 is 2.23 bits per heavy atom. The molecule has 5 nitrogen and oxygen atoms in total. The van der Waals surface area contributed by atoms with Gasteiger partial charge in [0.2, 0.25) is 5.78 Å². The molecule has 1 heterocycles. The van der Waals surface area contributed by atoms with E-state index in [4.69, 9.17) is 5.73 Å². The van der Waals surface area contributed by atoms with Gasteiger partial charge in [-0.15, -0.1) is 0 Å². The van der Waals surface area contributed by atoms with Crippen molar-refractivity contribution >= 4 is 11.6 Å². The van der Waals surface area contributed by atoms with Crippen LogP contribution < -0.4 is 5.73 Å². The van der Waals surface area contributed by atoms with Gasteiger partial charge in [0.05, 0.1) is 5.69 Å². The molecule has 2 N–H and O–H groups in total. The summed E-state index contributed by atoms with van der Waals surface area (Å²) >= 11 is 0. The zero-order chi connectivity index (χ0) is 15.5. The first kappa shape index (κ1) is 13.6. The number of nitrogen functional groups attached to an aromatic ring is 1. The number of ketones is 1. The van der Waals surface area contributed by atoms with Crippen LogP contribution in [-0.4, -0.2) is 15.6 Å². The van der Waals surface area contributed by atoms with Crippen LogP contribution in [0.25, 0.3) is 5.69 Å². The van der Waals surface area contributed by atoms with Gasteiger partial charge < -0.3 is 5.73 Å². The average molecular weight is 288 g/mol. The summed E-state index contributed by atoms with van der Waals surface area (Å²) in [6.45, 7) is 0. The Bertz CT molecular complexity index is 861. The maximum atomic E-state index is 12.5. The normalized spacial score (nSPS) is 10.1. The van der Waals surface area contributed by atoms with Gasteiger partial charge in [0.1, 0.15) is 17.5 Å². The molecule has 0 saturated carbocycles. The molecule has 0 spiro atoms. The summed E-state index contributed by atoms with van der Waals surface area (Å²) in [6, 6.07) is 19.8. The van der Waals surface area contributed by atoms with Crippen LogP contribution in [0.1, 0.15) is 21.6 Å². The first-order chi connectivity index (χ1) is 10.7. The van der Waals surface area contributed by atoms with E-state index in [1.807, 2.05) is 30.3 Å². The Morgan fingerprint density at radius 1 is 1.05 bits per heavy atom. The highest BCUT2D eigenvalue weighted by Crippen LogP contribution is 2.22. The number of anilines is 1. The number of hydrogen-bond acceptors (Lipinski definition) is 4. The number of aromatic nitrogens is 2. The number of hydrogen-bond donors (Lipinski definition) is 1. The van der Waals surface area contributed by atoms with Gasteiger partial charge in [-0.2, -0.15) is 10.4 Å². The lowest BCUT2D eigenvalue weighted by Gasteiger charge is -2.02. The third kappa shape index (κ3) is 2.23. The summed E-state index contributed by atoms with van der Waals surface area (Å²) < 4.78 is 1.41. The Labute approximate surface area is 127 Å². The Kier molecular flexibility index (Phi) is 3.42. The molecule has 106 valence electrons. The molecular weight excluding hydrogens is 276 g/mol. The molecule has 0 aliphatic heterocycles. The lowest BCUT2D eigenvalue weighted by atomic mass is 10.1. The van der Waals surface area contributed by atoms with E-state index in [2.05, 4.69) is 5.10 Å². The van der Waals surface area contributed by atoms with E-state index >= 15 is 0 Å². The van der Waals surface area contributed by atoms with E-state index in [-0.39, 0.29) is 22.9 Å². The van der Waals surface area contributed by atoms with Gasteiger partial charge in [0, 0.05) is 5.56 Å². The summed E-state index contributed by atoms with van der Waals surface area (Å²) in [4.78, 5) is 12.5. The van der Waals surface area contributed by atoms with Gasteiger partial charge >= 0.3 is 0 Å². The summed E-state index contributed by atoms with van der Waals surface area (Å²) in [6.07, 6.45) is 0. The van der Waals surface area contributed by atoms with Gasteiger partial charge in [-0.25, -0.2) is 4.68 Å². The van der Waals surface area contributed by atoms with Crippen molar-refractivity contribution in [2.24, 2.45) is 0 Å². The quantitative estimate of drug-likeness (QED) is 0.750. The van der Waals surface area contributed by atoms with Crippen LogP contribution in [0.5, 0.6) is 0 Å². The third-order valence-electron chi connectivity index (χ3n) is 3.28. The molecule has 0 amide bonds. The van der Waals surface area contributed by atoms with Crippen molar-refractivity contribution in [1.82, 2.24) is 9.78 Å². The van der Waals surface area contributed by atoms with Crippen molar-refractivity contribution in [3.8, 4) is 11.8 Å². The number of nitrogens with zero attached hydrogens (tertiary/aromatic N) is 3. The maximum Gasteiger partial charge on any atom is 0.214 e. The van der Waals surface area contributed by atoms with Crippen LogP contribution in [0.3, 0.4) is 0 Å². The topological polar surface area (TPSA) is 84.7 Å². The molecule has 1 aromatic heterocycles. The van der Waals surface area contributed by atoms with Crippen molar-refractivity contribution in [1.29, 1.82) is 5.26 Å². The molecule has 0 fully saturated rings. The second kappa shape index (κ2) is 5.54. The molecule has 22 heavy (non-hydrogen) atoms. The molecule has 0 unspecified atom stereocenters. The zero-order valence-corrected chi connectivity index (χ0v) is 11.6. The van der Waals surface area contributed by atoms with Crippen LogP contribution in [0.15, 0.2) is 60.7 Å². The first-order valence-corrected chi connectivity index (χ1v) is 6.66. The van der Waals surface area contributed by atoms with E-state index in [9.17, 15) is 10.1 Å². The molecule has 0 aliphatic carbocycles. The van der Waals surface area contributed by atoms with E-state index in [1.54, 1.807) is 36.4 Å². The van der Waals surface area contributed by atoms with Crippen molar-refractivity contribution in [2.45, 2.75) is 0 Å². The Hall–Kier alpha value is -3.39. The molecule has 3 rings (SSSR count). The number of para-hydroxylation sites is 1. The zero-order valence-electron chi connectivity index (χ0n) is 11.6. The lowest BCUT2D eigenvalue weighted by Crippen LogP contribution is -2.05. The van der Waals surface area contributed by atoms with E-state index in [1.165, 1.54) is 4.68 Å². The van der Waals surface area contributed by atoms with Gasteiger partial charge in [-0.3, -0.25) is 4.79 Å². The molecular formula is C17H12N4O. The molecule has 0 atom stereocenters. The standard InChI is InChI=1S/C17H12N4O/c18-11-14-15(16(22)12-7-3-1-4-8-12)20-21(17(14)19)13-9-5-2-6-10-13/h1-10H,19H2. The molecule has 0 aliphatic rings. The monoisotopic (exact) mass is 288 g/mol. The molecule has 3 aromatic rings. The van der Waals surface area contributed by atoms with Crippen LogP contribution in [0, 0.1) is 11.3 Å². The van der Waals surface area contributed by atoms with E-state index in [0.29, 0.717) is 11.3 Å². The highest BCUT2D eigenvalue weighted by Gasteiger charge is 2.23. The molecule has 5 heteroatoms. The highest BCUT2D eigenvalue weighted by atomic mass is 16.1. The maximum absolute atomic E-state index is 12.5. The first-order valence-electron chi connectivity index (χ1n) is 6.66. The number of nitriles is 1. The number of benzene rings is 2. The van der Waals surface area contributed by atoms with Gasteiger partial charge in [-0.1, -0.05) is 48.5 Å². The molecule has 2 aromatic carbocycles. The summed E-state index contributed by atoms with van der Waals surface area (Å²) in [5.41, 5.74) is 7.32. The Balaban J connectivity index is 2.14. The van der Waals surface area contributed by atoms with Crippen LogP contribution in [0.4, 0.5) is 5.82 Å². The lowest BCUT2D eigenvalue weighted by molar-refractivity contribution is 0.103. The smallest absolute Gasteiger partial charge is 0.214 e. The second-order valence-corrected chi connectivity index (χ2v) is 4.66. The Morgan fingerprint density at radius 2 is 1.64 bits per heavy atom. The fourth-order valence-electron chi connectivity index (χ4n) is 2.19. The molecule has 0 saturated heterocycles. The number of nitrogens with two attached hydrogens (primary N) is 1. The summed E-state index contributed by atoms with van der Waals surface area (Å²) in [5.74, 6) is -0.161. The predicted molar refractivity (Wildman–Crippen MR) is 82.6 cm³/mol. The second-order valence-electron chi connectivity index (χ2n) is 4.66. The fourth-order valence-corrected chi connectivity index (χ4v) is 2.19. The number of carbonyl (C=O) groups is 1. The number of carbonyl (C=O) groups excluding carboxylic acids is 1. The average Bonchev–Trinajstić information content (AvgIpc) is 2.92. The molecule has 0 bridgehead atoms. The van der Waals surface area contributed by atoms with Gasteiger partial charge in [-0.05, 0) is 12.1 Å². The SMILES string of the molecule is N#Cc1c(C(=O)c2ccccc2)nn(-c2ccccc2)c1N. The number of rotatable bonds is 3. The van der Waals surface area contributed by atoms with Crippen molar-refractivity contribution in [2.75, 3.05) is 5.73 Å². The van der Waals surface area contributed by atoms with Crippen molar-refractivity contribution in [3.05, 3.63) is 77.5 Å².